The first kappa shape index (κ1) is 25.5. The van der Waals surface area contributed by atoms with E-state index in [4.69, 9.17) is 21.1 Å². The number of unbranched alkanes of at least 4 members (excludes halogenated alkanes) is 3. The zero-order valence-corrected chi connectivity index (χ0v) is 18.7. The fraction of sp³-hybridized carbons (Fsp3) is 0.391. The molecule has 0 aliphatic rings. The first-order valence-electron chi connectivity index (χ1n) is 10.4. The van der Waals surface area contributed by atoms with Crippen molar-refractivity contribution in [3.63, 3.8) is 0 Å². The second-order valence-electron chi connectivity index (χ2n) is 6.95. The van der Waals surface area contributed by atoms with Gasteiger partial charge in [0.25, 0.3) is 5.91 Å². The van der Waals surface area contributed by atoms with Crippen molar-refractivity contribution >= 4 is 23.7 Å². The average molecular weight is 471 g/mol. The van der Waals surface area contributed by atoms with Crippen molar-refractivity contribution < 1.29 is 27.4 Å². The predicted molar refractivity (Wildman–Crippen MR) is 119 cm³/mol. The van der Waals surface area contributed by atoms with E-state index in [2.05, 4.69) is 17.5 Å². The third-order valence-electron chi connectivity index (χ3n) is 4.41. The van der Waals surface area contributed by atoms with Crippen molar-refractivity contribution in [3.8, 4) is 11.5 Å². The van der Waals surface area contributed by atoms with E-state index in [9.17, 15) is 18.0 Å². The van der Waals surface area contributed by atoms with E-state index in [1.165, 1.54) is 12.3 Å². The van der Waals surface area contributed by atoms with Gasteiger partial charge in [-0.15, -0.1) is 0 Å². The quantitative estimate of drug-likeness (QED) is 0.232. The number of benzene rings is 2. The summed E-state index contributed by atoms with van der Waals surface area (Å²) in [7, 11) is 0. The second kappa shape index (κ2) is 12.3. The number of hydrogen-bond donors (Lipinski definition) is 1. The van der Waals surface area contributed by atoms with E-state index in [1.807, 2.05) is 6.92 Å². The van der Waals surface area contributed by atoms with Crippen LogP contribution in [0.25, 0.3) is 0 Å². The summed E-state index contributed by atoms with van der Waals surface area (Å²) >= 11 is 6.35. The SMILES string of the molecule is CCCCCCOc1c(Cl)cc(C=NNC(=O)c2cccc(C(F)(F)F)c2)cc1OCC. The van der Waals surface area contributed by atoms with Crippen LogP contribution in [0.4, 0.5) is 13.2 Å². The van der Waals surface area contributed by atoms with Crippen LogP contribution in [0.3, 0.4) is 0 Å². The Labute approximate surface area is 190 Å². The number of nitrogens with one attached hydrogen (secondary N) is 1. The molecule has 0 unspecified atom stereocenters. The lowest BCUT2D eigenvalue weighted by molar-refractivity contribution is -0.137. The van der Waals surface area contributed by atoms with Crippen LogP contribution in [0.15, 0.2) is 41.5 Å². The smallest absolute Gasteiger partial charge is 0.416 e. The van der Waals surface area contributed by atoms with Gasteiger partial charge in [-0.3, -0.25) is 4.79 Å². The lowest BCUT2D eigenvalue weighted by Crippen LogP contribution is -2.18. The normalized spacial score (nSPS) is 11.6. The summed E-state index contributed by atoms with van der Waals surface area (Å²) in [5.41, 5.74) is 1.68. The van der Waals surface area contributed by atoms with Crippen LogP contribution >= 0.6 is 11.6 Å². The molecule has 0 saturated carbocycles. The molecular weight excluding hydrogens is 445 g/mol. The molecule has 174 valence electrons. The highest BCUT2D eigenvalue weighted by atomic mass is 35.5. The molecule has 9 heteroatoms. The van der Waals surface area contributed by atoms with Crippen molar-refractivity contribution in [2.75, 3.05) is 13.2 Å². The van der Waals surface area contributed by atoms with Crippen LogP contribution in [0, 0.1) is 0 Å². The molecule has 1 amide bonds. The highest BCUT2D eigenvalue weighted by molar-refractivity contribution is 6.32. The number of alkyl halides is 3. The van der Waals surface area contributed by atoms with Gasteiger partial charge in [0.05, 0.1) is 30.0 Å². The molecule has 2 aromatic carbocycles. The Bertz CT molecular complexity index is 933. The third kappa shape index (κ3) is 7.75. The van der Waals surface area contributed by atoms with Crippen LogP contribution < -0.4 is 14.9 Å². The van der Waals surface area contributed by atoms with Gasteiger partial charge >= 0.3 is 6.18 Å². The Hall–Kier alpha value is -2.74. The number of hydrazone groups is 1. The van der Waals surface area contributed by atoms with Crippen molar-refractivity contribution in [2.45, 2.75) is 45.7 Å². The number of amides is 1. The van der Waals surface area contributed by atoms with Gasteiger partial charge < -0.3 is 9.47 Å². The van der Waals surface area contributed by atoms with Crippen LogP contribution in [0.2, 0.25) is 5.02 Å². The Kier molecular flexibility index (Phi) is 9.84. The topological polar surface area (TPSA) is 59.9 Å². The molecule has 0 heterocycles. The van der Waals surface area contributed by atoms with Crippen molar-refractivity contribution in [1.29, 1.82) is 0 Å². The van der Waals surface area contributed by atoms with Crippen LogP contribution in [0.1, 0.15) is 61.0 Å². The van der Waals surface area contributed by atoms with E-state index in [0.29, 0.717) is 35.3 Å². The average Bonchev–Trinajstić information content (AvgIpc) is 2.75. The molecule has 32 heavy (non-hydrogen) atoms. The number of halogens is 4. The van der Waals surface area contributed by atoms with Gasteiger partial charge in [-0.1, -0.05) is 43.9 Å². The highest BCUT2D eigenvalue weighted by Crippen LogP contribution is 2.36. The molecule has 0 fully saturated rings. The van der Waals surface area contributed by atoms with E-state index < -0.39 is 17.6 Å². The third-order valence-corrected chi connectivity index (χ3v) is 4.69. The monoisotopic (exact) mass is 470 g/mol. The molecule has 0 atom stereocenters. The molecule has 1 N–H and O–H groups in total. The number of rotatable bonds is 11. The van der Waals surface area contributed by atoms with Gasteiger partial charge in [-0.25, -0.2) is 5.43 Å². The fourth-order valence-electron chi connectivity index (χ4n) is 2.84. The first-order chi connectivity index (χ1) is 15.3. The molecule has 2 aromatic rings. The summed E-state index contributed by atoms with van der Waals surface area (Å²) in [5.74, 6) is 0.117. The van der Waals surface area contributed by atoms with Crippen molar-refractivity contribution in [3.05, 3.63) is 58.1 Å². The molecular formula is C23H26ClF3N2O3. The summed E-state index contributed by atoms with van der Waals surface area (Å²) in [6.07, 6.45) is 1.02. The van der Waals surface area contributed by atoms with Gasteiger partial charge in [0.15, 0.2) is 11.5 Å². The van der Waals surface area contributed by atoms with Gasteiger partial charge in [0.1, 0.15) is 0 Å². The number of carbonyl (C=O) groups excluding carboxylic acids is 1. The minimum absolute atomic E-state index is 0.156. The molecule has 0 radical (unpaired) electrons. The van der Waals surface area contributed by atoms with Crippen LogP contribution in [0.5, 0.6) is 11.5 Å². The predicted octanol–water partition coefficient (Wildman–Crippen LogP) is 6.48. The minimum atomic E-state index is -4.54. The Morgan fingerprint density at radius 1 is 1.12 bits per heavy atom. The molecule has 0 bridgehead atoms. The minimum Gasteiger partial charge on any atom is -0.490 e. The Morgan fingerprint density at radius 2 is 1.91 bits per heavy atom. The number of carbonyl (C=O) groups is 1. The maximum absolute atomic E-state index is 12.8. The summed E-state index contributed by atoms with van der Waals surface area (Å²) in [4.78, 5) is 12.1. The Balaban J connectivity index is 2.07. The maximum atomic E-state index is 12.8. The summed E-state index contributed by atoms with van der Waals surface area (Å²) < 4.78 is 49.8. The lowest BCUT2D eigenvalue weighted by Gasteiger charge is -2.14. The highest BCUT2D eigenvalue weighted by Gasteiger charge is 2.30. The lowest BCUT2D eigenvalue weighted by atomic mass is 10.1. The molecule has 0 aliphatic heterocycles. The van der Waals surface area contributed by atoms with E-state index in [0.717, 1.165) is 43.9 Å². The molecule has 5 nitrogen and oxygen atoms in total. The largest absolute Gasteiger partial charge is 0.490 e. The van der Waals surface area contributed by atoms with Gasteiger partial charge in [-0.2, -0.15) is 18.3 Å². The first-order valence-corrected chi connectivity index (χ1v) is 10.7. The summed E-state index contributed by atoms with van der Waals surface area (Å²) in [6.45, 7) is 4.87. The van der Waals surface area contributed by atoms with Crippen LogP contribution in [-0.2, 0) is 6.18 Å². The summed E-state index contributed by atoms with van der Waals surface area (Å²) in [5, 5.41) is 4.15. The van der Waals surface area contributed by atoms with Crippen molar-refractivity contribution in [1.82, 2.24) is 5.43 Å². The maximum Gasteiger partial charge on any atom is 0.416 e. The van der Waals surface area contributed by atoms with Gasteiger partial charge in [0, 0.05) is 5.56 Å². The fourth-order valence-corrected chi connectivity index (χ4v) is 3.11. The molecule has 2 rings (SSSR count). The Morgan fingerprint density at radius 3 is 2.59 bits per heavy atom. The zero-order chi connectivity index (χ0) is 23.6. The van der Waals surface area contributed by atoms with Crippen molar-refractivity contribution in [2.24, 2.45) is 5.10 Å². The second-order valence-corrected chi connectivity index (χ2v) is 7.36. The number of nitrogens with zero attached hydrogens (tertiary/aromatic N) is 1. The number of hydrogen-bond acceptors (Lipinski definition) is 4. The zero-order valence-electron chi connectivity index (χ0n) is 18.0. The van der Waals surface area contributed by atoms with E-state index >= 15 is 0 Å². The number of ether oxygens (including phenoxy) is 2. The van der Waals surface area contributed by atoms with Gasteiger partial charge in [0.2, 0.25) is 0 Å². The molecule has 0 saturated heterocycles. The van der Waals surface area contributed by atoms with E-state index in [1.54, 1.807) is 12.1 Å². The molecule has 0 aliphatic carbocycles. The van der Waals surface area contributed by atoms with E-state index in [-0.39, 0.29) is 5.56 Å². The van der Waals surface area contributed by atoms with Crippen LogP contribution in [-0.4, -0.2) is 25.3 Å². The standard InChI is InChI=1S/C23H26ClF3N2O3/c1-3-5-6-7-11-32-21-19(24)12-16(13-20(21)31-4-2)15-28-29-22(30)17-9-8-10-18(14-17)23(25,26)27/h8-10,12-15H,3-7,11H2,1-2H3,(H,29,30). The van der Waals surface area contributed by atoms with Gasteiger partial charge in [-0.05, 0) is 49.2 Å². The summed E-state index contributed by atoms with van der Waals surface area (Å²) in [6, 6.07) is 7.36. The molecule has 0 spiro atoms. The molecule has 0 aromatic heterocycles.